The van der Waals surface area contributed by atoms with Gasteiger partial charge in [-0.2, -0.15) is 0 Å². The summed E-state index contributed by atoms with van der Waals surface area (Å²) in [5.74, 6) is -0.117. The van der Waals surface area contributed by atoms with Gasteiger partial charge in [-0.05, 0) is 59.4 Å². The highest BCUT2D eigenvalue weighted by atomic mass is 16.5. The largest absolute Gasteiger partial charge is 0.465 e. The summed E-state index contributed by atoms with van der Waals surface area (Å²) in [5, 5.41) is 3.23. The second-order valence-electron chi connectivity index (χ2n) is 5.80. The van der Waals surface area contributed by atoms with Crippen molar-refractivity contribution in [2.24, 2.45) is 0 Å². The number of carbonyl (C=O) groups excluding carboxylic acids is 1. The lowest BCUT2D eigenvalue weighted by Crippen LogP contribution is -2.46. The molecule has 1 rings (SSSR count). The number of hydrogen-bond donors (Lipinski definition) is 1. The van der Waals surface area contributed by atoms with E-state index in [9.17, 15) is 4.79 Å². The first-order valence-electron chi connectivity index (χ1n) is 8.44. The minimum absolute atomic E-state index is 0.117. The van der Waals surface area contributed by atoms with Crippen LogP contribution in [0.3, 0.4) is 0 Å². The molecule has 124 valence electrons. The van der Waals surface area contributed by atoms with Gasteiger partial charge >= 0.3 is 5.97 Å². The van der Waals surface area contributed by atoms with E-state index in [4.69, 9.17) is 4.74 Å². The number of rotatable bonds is 9. The molecule has 21 heavy (non-hydrogen) atoms. The van der Waals surface area contributed by atoms with Crippen molar-refractivity contribution in [2.75, 3.05) is 46.4 Å². The average molecular weight is 299 g/mol. The maximum atomic E-state index is 11.9. The molecular formula is C16H33N3O2. The summed E-state index contributed by atoms with van der Waals surface area (Å²) in [6.45, 7) is 11.8. The predicted octanol–water partition coefficient (Wildman–Crippen LogP) is 1.33. The Hall–Kier alpha value is -0.650. The van der Waals surface area contributed by atoms with Gasteiger partial charge in [0.25, 0.3) is 0 Å². The highest BCUT2D eigenvalue weighted by molar-refractivity contribution is 5.75. The second-order valence-corrected chi connectivity index (χ2v) is 5.80. The molecule has 0 amide bonds. The Morgan fingerprint density at radius 1 is 1.33 bits per heavy atom. The lowest BCUT2D eigenvalue weighted by atomic mass is 10.0. The first-order chi connectivity index (χ1) is 10.1. The Labute approximate surface area is 130 Å². The zero-order valence-corrected chi connectivity index (χ0v) is 14.2. The summed E-state index contributed by atoms with van der Waals surface area (Å²) in [6, 6.07) is 0.477. The SMILES string of the molecule is CCNC(CCN(C)C1CCN(CC)CC1)C(=O)OCC. The summed E-state index contributed by atoms with van der Waals surface area (Å²) < 4.78 is 5.14. The van der Waals surface area contributed by atoms with Gasteiger partial charge in [0.2, 0.25) is 0 Å². The van der Waals surface area contributed by atoms with Crippen molar-refractivity contribution in [1.82, 2.24) is 15.1 Å². The molecule has 1 N–H and O–H groups in total. The number of carbonyl (C=O) groups is 1. The molecule has 0 spiro atoms. The van der Waals surface area contributed by atoms with Gasteiger partial charge in [-0.25, -0.2) is 0 Å². The molecule has 0 aromatic heterocycles. The molecule has 0 bridgehead atoms. The Morgan fingerprint density at radius 2 is 2.00 bits per heavy atom. The molecule has 0 aromatic carbocycles. The zero-order chi connectivity index (χ0) is 15.7. The van der Waals surface area contributed by atoms with Crippen LogP contribution in [0.1, 0.15) is 40.0 Å². The van der Waals surface area contributed by atoms with Crippen LogP contribution in [0.2, 0.25) is 0 Å². The maximum absolute atomic E-state index is 11.9. The Kier molecular flexibility index (Phi) is 8.88. The first-order valence-corrected chi connectivity index (χ1v) is 8.44. The molecule has 1 fully saturated rings. The van der Waals surface area contributed by atoms with Gasteiger partial charge in [0.05, 0.1) is 6.61 Å². The molecule has 1 saturated heterocycles. The van der Waals surface area contributed by atoms with Gasteiger partial charge in [0.15, 0.2) is 0 Å². The van der Waals surface area contributed by atoms with Gasteiger partial charge in [-0.15, -0.1) is 0 Å². The Morgan fingerprint density at radius 3 is 2.52 bits per heavy atom. The first kappa shape index (κ1) is 18.4. The molecule has 0 aromatic rings. The second kappa shape index (κ2) is 10.1. The van der Waals surface area contributed by atoms with Crippen LogP contribution in [0.4, 0.5) is 0 Å². The van der Waals surface area contributed by atoms with Gasteiger partial charge in [0, 0.05) is 12.6 Å². The normalized spacial score (nSPS) is 18.9. The smallest absolute Gasteiger partial charge is 0.323 e. The minimum Gasteiger partial charge on any atom is -0.465 e. The predicted molar refractivity (Wildman–Crippen MR) is 86.5 cm³/mol. The topological polar surface area (TPSA) is 44.8 Å². The van der Waals surface area contributed by atoms with Gasteiger partial charge < -0.3 is 19.9 Å². The number of ether oxygens (including phenoxy) is 1. The highest BCUT2D eigenvalue weighted by Gasteiger charge is 2.24. The van der Waals surface area contributed by atoms with Crippen molar-refractivity contribution in [2.45, 2.75) is 52.1 Å². The molecule has 5 heteroatoms. The van der Waals surface area contributed by atoms with E-state index in [0.29, 0.717) is 12.6 Å². The number of likely N-dealkylation sites (N-methyl/N-ethyl adjacent to an activating group) is 1. The van der Waals surface area contributed by atoms with E-state index >= 15 is 0 Å². The fraction of sp³-hybridized carbons (Fsp3) is 0.938. The minimum atomic E-state index is -0.173. The number of esters is 1. The lowest BCUT2D eigenvalue weighted by Gasteiger charge is -2.36. The summed E-state index contributed by atoms with van der Waals surface area (Å²) in [5.41, 5.74) is 0. The highest BCUT2D eigenvalue weighted by Crippen LogP contribution is 2.15. The van der Waals surface area contributed by atoms with E-state index in [-0.39, 0.29) is 12.0 Å². The summed E-state index contributed by atoms with van der Waals surface area (Å²) in [6.07, 6.45) is 3.28. The van der Waals surface area contributed by atoms with E-state index in [2.05, 4.69) is 29.1 Å². The summed E-state index contributed by atoms with van der Waals surface area (Å²) in [4.78, 5) is 16.8. The summed E-state index contributed by atoms with van der Waals surface area (Å²) in [7, 11) is 2.18. The van der Waals surface area contributed by atoms with Crippen LogP contribution >= 0.6 is 0 Å². The van der Waals surface area contributed by atoms with E-state index in [1.165, 1.54) is 25.9 Å². The number of nitrogens with zero attached hydrogens (tertiary/aromatic N) is 2. The van der Waals surface area contributed by atoms with Crippen LogP contribution in [0.15, 0.2) is 0 Å². The molecule has 1 unspecified atom stereocenters. The van der Waals surface area contributed by atoms with Crippen molar-refractivity contribution in [1.29, 1.82) is 0 Å². The van der Waals surface area contributed by atoms with Gasteiger partial charge in [-0.3, -0.25) is 4.79 Å². The lowest BCUT2D eigenvalue weighted by molar-refractivity contribution is -0.145. The van der Waals surface area contributed by atoms with Crippen LogP contribution in [-0.4, -0.2) is 74.2 Å². The van der Waals surface area contributed by atoms with Gasteiger partial charge in [0.1, 0.15) is 6.04 Å². The molecule has 5 nitrogen and oxygen atoms in total. The molecule has 0 radical (unpaired) electrons. The van der Waals surface area contributed by atoms with E-state index in [1.54, 1.807) is 0 Å². The third-order valence-corrected chi connectivity index (χ3v) is 4.42. The van der Waals surface area contributed by atoms with Gasteiger partial charge in [-0.1, -0.05) is 13.8 Å². The third kappa shape index (κ3) is 6.32. The Balaban J connectivity index is 2.35. The molecule has 1 heterocycles. The number of piperidine rings is 1. The maximum Gasteiger partial charge on any atom is 0.323 e. The number of nitrogens with one attached hydrogen (secondary N) is 1. The number of hydrogen-bond acceptors (Lipinski definition) is 5. The standard InChI is InChI=1S/C16H33N3O2/c1-5-17-15(16(20)21-7-3)10-11-18(4)14-8-12-19(6-2)13-9-14/h14-15,17H,5-13H2,1-4H3. The zero-order valence-electron chi connectivity index (χ0n) is 14.2. The fourth-order valence-corrected chi connectivity index (χ4v) is 2.98. The van der Waals surface area contributed by atoms with E-state index < -0.39 is 0 Å². The molecule has 1 aliphatic heterocycles. The van der Waals surface area contributed by atoms with E-state index in [0.717, 1.165) is 26.1 Å². The number of likely N-dealkylation sites (tertiary alicyclic amines) is 1. The van der Waals surface area contributed by atoms with Crippen LogP contribution in [-0.2, 0) is 9.53 Å². The molecule has 0 saturated carbocycles. The molecule has 1 aliphatic rings. The van der Waals surface area contributed by atoms with Crippen LogP contribution in [0.5, 0.6) is 0 Å². The van der Waals surface area contributed by atoms with E-state index in [1.807, 2.05) is 13.8 Å². The average Bonchev–Trinajstić information content (AvgIpc) is 2.51. The quantitative estimate of drug-likeness (QED) is 0.651. The molecule has 1 atom stereocenters. The van der Waals surface area contributed by atoms with Crippen molar-refractivity contribution in [3.63, 3.8) is 0 Å². The van der Waals surface area contributed by atoms with Crippen molar-refractivity contribution in [3.8, 4) is 0 Å². The third-order valence-electron chi connectivity index (χ3n) is 4.42. The van der Waals surface area contributed by atoms with Crippen LogP contribution in [0.25, 0.3) is 0 Å². The molecule has 0 aliphatic carbocycles. The monoisotopic (exact) mass is 299 g/mol. The summed E-state index contributed by atoms with van der Waals surface area (Å²) >= 11 is 0. The fourth-order valence-electron chi connectivity index (χ4n) is 2.98. The van der Waals surface area contributed by atoms with Crippen LogP contribution in [0, 0.1) is 0 Å². The van der Waals surface area contributed by atoms with Crippen LogP contribution < -0.4 is 5.32 Å². The van der Waals surface area contributed by atoms with Crippen molar-refractivity contribution in [3.05, 3.63) is 0 Å². The Bertz CT molecular complexity index is 291. The van der Waals surface area contributed by atoms with Crippen molar-refractivity contribution < 1.29 is 9.53 Å². The van der Waals surface area contributed by atoms with Crippen molar-refractivity contribution >= 4 is 5.97 Å². The molecular weight excluding hydrogens is 266 g/mol.